The van der Waals surface area contributed by atoms with Crippen molar-refractivity contribution in [2.45, 2.75) is 65.3 Å². The van der Waals surface area contributed by atoms with Gasteiger partial charge >= 0.3 is 6.09 Å². The third-order valence-corrected chi connectivity index (χ3v) is 11.2. The summed E-state index contributed by atoms with van der Waals surface area (Å²) in [6.07, 6.45) is 4.05. The fourth-order valence-corrected chi connectivity index (χ4v) is 5.17. The Balaban J connectivity index is 3.37. The average Bonchev–Trinajstić information content (AvgIpc) is 2.60. The quantitative estimate of drug-likeness (QED) is 0.374. The molecular formula is C23H37NO2Si. The molecule has 0 bridgehead atoms. The number of nitrogens with zero attached hydrogens (tertiary/aromatic N) is 1. The van der Waals surface area contributed by atoms with Crippen molar-refractivity contribution >= 4 is 19.4 Å². The Morgan fingerprint density at radius 2 is 1.74 bits per heavy atom. The van der Waals surface area contributed by atoms with E-state index in [4.69, 9.17) is 4.74 Å². The van der Waals surface area contributed by atoms with Crippen LogP contribution >= 0.6 is 0 Å². The van der Waals surface area contributed by atoms with Gasteiger partial charge in [-0.2, -0.15) is 0 Å². The molecule has 1 rings (SSSR count). The van der Waals surface area contributed by atoms with E-state index in [0.717, 1.165) is 0 Å². The molecule has 0 aliphatic rings. The normalized spacial score (nSPS) is 13.8. The first kappa shape index (κ1) is 23.2. The van der Waals surface area contributed by atoms with Gasteiger partial charge in [-0.3, -0.25) is 0 Å². The summed E-state index contributed by atoms with van der Waals surface area (Å²) >= 11 is 0. The van der Waals surface area contributed by atoms with Gasteiger partial charge in [-0.15, -0.1) is 6.58 Å². The number of ether oxygens (including phenoxy) is 1. The largest absolute Gasteiger partial charge is 0.442 e. The second kappa shape index (κ2) is 9.93. The SMILES string of the molecule is C=CCC(/C=C(\c1ccccc1)[Si](C)(C)C(C)(C)C)OC(=O)N(CC)CC. The molecule has 0 heterocycles. The average molecular weight is 388 g/mol. The van der Waals surface area contributed by atoms with E-state index in [1.165, 1.54) is 10.8 Å². The Morgan fingerprint density at radius 3 is 2.19 bits per heavy atom. The van der Waals surface area contributed by atoms with Crippen molar-refractivity contribution in [3.63, 3.8) is 0 Å². The van der Waals surface area contributed by atoms with E-state index in [1.54, 1.807) is 4.90 Å². The predicted octanol–water partition coefficient (Wildman–Crippen LogP) is 6.54. The van der Waals surface area contributed by atoms with Crippen LogP contribution in [0, 0.1) is 0 Å². The highest BCUT2D eigenvalue weighted by Gasteiger charge is 2.39. The highest BCUT2D eigenvalue weighted by Crippen LogP contribution is 2.44. The molecule has 0 fully saturated rings. The van der Waals surface area contributed by atoms with Crippen molar-refractivity contribution in [3.05, 3.63) is 54.6 Å². The molecular weight excluding hydrogens is 350 g/mol. The molecule has 0 aliphatic heterocycles. The Morgan fingerprint density at radius 1 is 1.19 bits per heavy atom. The number of hydrogen-bond acceptors (Lipinski definition) is 2. The summed E-state index contributed by atoms with van der Waals surface area (Å²) < 4.78 is 5.86. The van der Waals surface area contributed by atoms with E-state index in [1.807, 2.05) is 26.0 Å². The smallest absolute Gasteiger partial charge is 0.410 e. The minimum Gasteiger partial charge on any atom is -0.442 e. The molecule has 1 unspecified atom stereocenters. The highest BCUT2D eigenvalue weighted by molar-refractivity contribution is 6.96. The zero-order valence-corrected chi connectivity index (χ0v) is 19.2. The zero-order valence-electron chi connectivity index (χ0n) is 18.2. The fraction of sp³-hybridized carbons (Fsp3) is 0.522. The molecule has 4 heteroatoms. The van der Waals surface area contributed by atoms with Gasteiger partial charge in [0.1, 0.15) is 6.10 Å². The number of carbonyl (C=O) groups excluding carboxylic acids is 1. The molecule has 0 aliphatic carbocycles. The number of benzene rings is 1. The second-order valence-corrected chi connectivity index (χ2v) is 13.7. The summed E-state index contributed by atoms with van der Waals surface area (Å²) in [6.45, 7) is 20.8. The van der Waals surface area contributed by atoms with E-state index in [-0.39, 0.29) is 17.2 Å². The minimum absolute atomic E-state index is 0.177. The number of carbonyl (C=O) groups is 1. The van der Waals surface area contributed by atoms with Gasteiger partial charge in [0.2, 0.25) is 0 Å². The lowest BCUT2D eigenvalue weighted by Gasteiger charge is -2.40. The van der Waals surface area contributed by atoms with Gasteiger partial charge in [0.15, 0.2) is 0 Å². The Bertz CT molecular complexity index is 640. The van der Waals surface area contributed by atoms with E-state index >= 15 is 0 Å². The molecule has 0 N–H and O–H groups in total. The van der Waals surface area contributed by atoms with E-state index < -0.39 is 8.07 Å². The first-order valence-electron chi connectivity index (χ1n) is 9.92. The molecule has 27 heavy (non-hydrogen) atoms. The van der Waals surface area contributed by atoms with Gasteiger partial charge in [0.25, 0.3) is 0 Å². The van der Waals surface area contributed by atoms with Crippen molar-refractivity contribution in [3.8, 4) is 0 Å². The molecule has 0 aromatic heterocycles. The van der Waals surface area contributed by atoms with Gasteiger partial charge in [-0.1, -0.05) is 75.5 Å². The van der Waals surface area contributed by atoms with Crippen LogP contribution in [0.3, 0.4) is 0 Å². The monoisotopic (exact) mass is 387 g/mol. The summed E-state index contributed by atoms with van der Waals surface area (Å²) in [5, 5.41) is 1.51. The van der Waals surface area contributed by atoms with Crippen molar-refractivity contribution in [2.75, 3.05) is 13.1 Å². The van der Waals surface area contributed by atoms with Gasteiger partial charge in [-0.05, 0) is 30.5 Å². The van der Waals surface area contributed by atoms with Gasteiger partial charge < -0.3 is 9.64 Å². The molecule has 1 aromatic rings. The maximum absolute atomic E-state index is 12.5. The lowest BCUT2D eigenvalue weighted by molar-refractivity contribution is 0.0845. The predicted molar refractivity (Wildman–Crippen MR) is 120 cm³/mol. The lowest BCUT2D eigenvalue weighted by Crippen LogP contribution is -2.40. The van der Waals surface area contributed by atoms with E-state index in [0.29, 0.717) is 19.5 Å². The van der Waals surface area contributed by atoms with Crippen molar-refractivity contribution in [1.29, 1.82) is 0 Å². The standard InChI is InChI=1S/C23H37NO2Si/c1-9-15-20(26-22(25)24(10-2)11-3)18-21(19-16-13-12-14-17-19)27(7,8)23(4,5)6/h9,12-14,16-18,20H,1,10-11,15H2,2-8H3/b21-18+. The Kier molecular flexibility index (Phi) is 8.54. The molecule has 1 amide bonds. The second-order valence-electron chi connectivity index (χ2n) is 8.44. The summed E-state index contributed by atoms with van der Waals surface area (Å²) in [7, 11) is -1.84. The summed E-state index contributed by atoms with van der Waals surface area (Å²) in [6, 6.07) is 10.5. The van der Waals surface area contributed by atoms with E-state index in [2.05, 4.69) is 70.8 Å². The first-order valence-corrected chi connectivity index (χ1v) is 12.9. The maximum Gasteiger partial charge on any atom is 0.410 e. The fourth-order valence-electron chi connectivity index (χ4n) is 2.87. The number of rotatable bonds is 8. The molecule has 150 valence electrons. The highest BCUT2D eigenvalue weighted by atomic mass is 28.3. The van der Waals surface area contributed by atoms with Crippen LogP contribution in [0.25, 0.3) is 5.20 Å². The van der Waals surface area contributed by atoms with Gasteiger partial charge in [-0.25, -0.2) is 4.79 Å². The molecule has 3 nitrogen and oxygen atoms in total. The molecule has 0 saturated carbocycles. The molecule has 1 atom stereocenters. The molecule has 0 saturated heterocycles. The van der Waals surface area contributed by atoms with Crippen molar-refractivity contribution in [1.82, 2.24) is 4.90 Å². The maximum atomic E-state index is 12.5. The summed E-state index contributed by atoms with van der Waals surface area (Å²) in [4.78, 5) is 14.2. The van der Waals surface area contributed by atoms with Crippen LogP contribution < -0.4 is 0 Å². The van der Waals surface area contributed by atoms with Gasteiger partial charge in [0, 0.05) is 19.5 Å². The van der Waals surface area contributed by atoms with Gasteiger partial charge in [0.05, 0.1) is 8.07 Å². The third-order valence-electron chi connectivity index (χ3n) is 5.66. The van der Waals surface area contributed by atoms with Crippen LogP contribution in [-0.2, 0) is 4.74 Å². The Hall–Kier alpha value is -1.81. The van der Waals surface area contributed by atoms with Crippen LogP contribution in [0.4, 0.5) is 4.79 Å². The zero-order chi connectivity index (χ0) is 20.7. The molecule has 0 radical (unpaired) electrons. The summed E-state index contributed by atoms with van der Waals surface area (Å²) in [5.74, 6) is 0. The summed E-state index contributed by atoms with van der Waals surface area (Å²) in [5.41, 5.74) is 1.22. The number of amides is 1. The molecule has 0 spiro atoms. The van der Waals surface area contributed by atoms with E-state index in [9.17, 15) is 4.79 Å². The van der Waals surface area contributed by atoms with Crippen LogP contribution in [0.1, 0.15) is 46.6 Å². The first-order chi connectivity index (χ1) is 12.6. The number of hydrogen-bond donors (Lipinski definition) is 0. The van der Waals surface area contributed by atoms with Crippen LogP contribution in [-0.4, -0.2) is 38.3 Å². The third kappa shape index (κ3) is 6.10. The lowest BCUT2D eigenvalue weighted by atomic mass is 10.1. The Labute approximate surface area is 167 Å². The topological polar surface area (TPSA) is 29.5 Å². The minimum atomic E-state index is -1.84. The van der Waals surface area contributed by atoms with Crippen molar-refractivity contribution < 1.29 is 9.53 Å². The van der Waals surface area contributed by atoms with Crippen LogP contribution in [0.15, 0.2) is 49.1 Å². The van der Waals surface area contributed by atoms with Crippen molar-refractivity contribution in [2.24, 2.45) is 0 Å². The molecule has 1 aromatic carbocycles. The van der Waals surface area contributed by atoms with Crippen LogP contribution in [0.2, 0.25) is 18.1 Å². The van der Waals surface area contributed by atoms with Crippen LogP contribution in [0.5, 0.6) is 0 Å².